The summed E-state index contributed by atoms with van der Waals surface area (Å²) in [6.45, 7) is 16.2. The molecule has 0 aliphatic carbocycles. The number of benzene rings is 1. The minimum Gasteiger partial charge on any atom is -0.493 e. The zero-order valence-corrected chi connectivity index (χ0v) is 14.0. The van der Waals surface area contributed by atoms with Crippen molar-refractivity contribution < 1.29 is 4.74 Å². The third-order valence-electron chi connectivity index (χ3n) is 3.25. The van der Waals surface area contributed by atoms with Crippen LogP contribution in [0, 0.1) is 12.8 Å². The summed E-state index contributed by atoms with van der Waals surface area (Å²) in [5.41, 5.74) is 2.71. The monoisotopic (exact) mass is 277 g/mol. The Morgan fingerprint density at radius 1 is 1.20 bits per heavy atom. The normalized spacial score (nSPS) is 11.9. The fraction of sp³-hybridized carbons (Fsp3) is 0.667. The van der Waals surface area contributed by atoms with Crippen molar-refractivity contribution in [3.8, 4) is 5.75 Å². The largest absolute Gasteiger partial charge is 0.493 e. The van der Waals surface area contributed by atoms with Crippen molar-refractivity contribution in [1.82, 2.24) is 5.32 Å². The molecule has 1 aromatic rings. The van der Waals surface area contributed by atoms with Crippen molar-refractivity contribution in [2.45, 2.75) is 53.4 Å². The van der Waals surface area contributed by atoms with E-state index >= 15 is 0 Å². The molecule has 114 valence electrons. The molecule has 1 N–H and O–H groups in total. The van der Waals surface area contributed by atoms with Crippen LogP contribution in [0.2, 0.25) is 0 Å². The van der Waals surface area contributed by atoms with Gasteiger partial charge in [0, 0.05) is 0 Å². The molecule has 0 aromatic heterocycles. The Balaban J connectivity index is 2.48. The molecule has 0 bridgehead atoms. The molecule has 0 atom stereocenters. The highest BCUT2D eigenvalue weighted by atomic mass is 16.5. The predicted octanol–water partition coefficient (Wildman–Crippen LogP) is 4.31. The van der Waals surface area contributed by atoms with Gasteiger partial charge in [0.2, 0.25) is 0 Å². The topological polar surface area (TPSA) is 21.3 Å². The number of ether oxygens (including phenoxy) is 1. The van der Waals surface area contributed by atoms with Gasteiger partial charge in [-0.3, -0.25) is 0 Å². The van der Waals surface area contributed by atoms with Crippen molar-refractivity contribution in [2.75, 3.05) is 19.7 Å². The third kappa shape index (κ3) is 5.96. The Hall–Kier alpha value is -1.02. The zero-order chi connectivity index (χ0) is 15.2. The molecule has 0 aliphatic rings. The molecule has 20 heavy (non-hydrogen) atoms. The van der Waals surface area contributed by atoms with E-state index in [9.17, 15) is 0 Å². The van der Waals surface area contributed by atoms with Crippen molar-refractivity contribution in [1.29, 1.82) is 0 Å². The molecule has 0 radical (unpaired) electrons. The van der Waals surface area contributed by atoms with E-state index in [-0.39, 0.29) is 5.41 Å². The highest BCUT2D eigenvalue weighted by Crippen LogP contribution is 2.32. The molecule has 0 spiro atoms. The Morgan fingerprint density at radius 3 is 2.50 bits per heavy atom. The molecule has 0 amide bonds. The molecular weight excluding hydrogens is 246 g/mol. The van der Waals surface area contributed by atoms with E-state index in [2.05, 4.69) is 65.1 Å². The fourth-order valence-corrected chi connectivity index (χ4v) is 2.13. The van der Waals surface area contributed by atoms with E-state index in [1.165, 1.54) is 11.1 Å². The number of hydrogen-bond donors (Lipinski definition) is 1. The summed E-state index contributed by atoms with van der Waals surface area (Å²) in [6.07, 6.45) is 1.05. The molecular formula is C18H31NO. The lowest BCUT2D eigenvalue weighted by Gasteiger charge is -2.23. The van der Waals surface area contributed by atoms with E-state index in [0.717, 1.165) is 31.9 Å². The second-order valence-electron chi connectivity index (χ2n) is 7.05. The molecule has 0 saturated heterocycles. The highest BCUT2D eigenvalue weighted by Gasteiger charge is 2.18. The van der Waals surface area contributed by atoms with Crippen LogP contribution in [0.25, 0.3) is 0 Å². The van der Waals surface area contributed by atoms with Gasteiger partial charge in [0.25, 0.3) is 0 Å². The summed E-state index contributed by atoms with van der Waals surface area (Å²) in [7, 11) is 0. The molecule has 0 fully saturated rings. The van der Waals surface area contributed by atoms with E-state index in [0.29, 0.717) is 5.92 Å². The maximum absolute atomic E-state index is 5.99. The quantitative estimate of drug-likeness (QED) is 0.750. The second-order valence-corrected chi connectivity index (χ2v) is 7.05. The molecule has 2 nitrogen and oxygen atoms in total. The minimum atomic E-state index is 0.122. The SMILES string of the molecule is Cc1ccc(OCCCNCC(C)C)c(C(C)(C)C)c1. The standard InChI is InChI=1S/C18H31NO/c1-14(2)13-19-10-7-11-20-17-9-8-15(3)12-16(17)18(4,5)6/h8-9,12,14,19H,7,10-11,13H2,1-6H3. The van der Waals surface area contributed by atoms with Gasteiger partial charge in [-0.25, -0.2) is 0 Å². The van der Waals surface area contributed by atoms with Gasteiger partial charge in [-0.2, -0.15) is 0 Å². The first kappa shape index (κ1) is 17.0. The molecule has 0 heterocycles. The van der Waals surface area contributed by atoms with Crippen LogP contribution in [-0.2, 0) is 5.41 Å². The first-order valence-corrected chi connectivity index (χ1v) is 7.75. The van der Waals surface area contributed by atoms with Gasteiger partial charge in [0.05, 0.1) is 6.61 Å². The van der Waals surface area contributed by atoms with Crippen LogP contribution in [0.5, 0.6) is 5.75 Å². The molecule has 0 unspecified atom stereocenters. The Kier molecular flexibility index (Phi) is 6.54. The van der Waals surface area contributed by atoms with Crippen LogP contribution < -0.4 is 10.1 Å². The first-order chi connectivity index (χ1) is 9.30. The highest BCUT2D eigenvalue weighted by molar-refractivity contribution is 5.41. The van der Waals surface area contributed by atoms with Crippen molar-refractivity contribution in [3.05, 3.63) is 29.3 Å². The van der Waals surface area contributed by atoms with Crippen molar-refractivity contribution >= 4 is 0 Å². The van der Waals surface area contributed by atoms with Gasteiger partial charge in [-0.05, 0) is 49.4 Å². The van der Waals surface area contributed by atoms with E-state index in [1.54, 1.807) is 0 Å². The number of rotatable bonds is 7. The van der Waals surface area contributed by atoms with Gasteiger partial charge < -0.3 is 10.1 Å². The predicted molar refractivity (Wildman–Crippen MR) is 87.7 cm³/mol. The third-order valence-corrected chi connectivity index (χ3v) is 3.25. The van der Waals surface area contributed by atoms with Crippen LogP contribution in [0.4, 0.5) is 0 Å². The average molecular weight is 277 g/mol. The average Bonchev–Trinajstić information content (AvgIpc) is 2.33. The smallest absolute Gasteiger partial charge is 0.123 e. The molecule has 0 aliphatic heterocycles. The van der Waals surface area contributed by atoms with E-state index in [4.69, 9.17) is 4.74 Å². The van der Waals surface area contributed by atoms with Crippen molar-refractivity contribution in [3.63, 3.8) is 0 Å². The summed E-state index contributed by atoms with van der Waals surface area (Å²) in [5.74, 6) is 1.74. The molecule has 1 aromatic carbocycles. The molecule has 0 saturated carbocycles. The number of nitrogens with one attached hydrogen (secondary N) is 1. The summed E-state index contributed by atoms with van der Waals surface area (Å²) in [6, 6.07) is 6.48. The lowest BCUT2D eigenvalue weighted by molar-refractivity contribution is 0.299. The van der Waals surface area contributed by atoms with Gasteiger partial charge >= 0.3 is 0 Å². The number of aryl methyl sites for hydroxylation is 1. The van der Waals surface area contributed by atoms with Gasteiger partial charge in [0.1, 0.15) is 5.75 Å². The fourth-order valence-electron chi connectivity index (χ4n) is 2.13. The lowest BCUT2D eigenvalue weighted by Crippen LogP contribution is -2.22. The van der Waals surface area contributed by atoms with E-state index in [1.807, 2.05) is 0 Å². The Bertz CT molecular complexity index is 404. The lowest BCUT2D eigenvalue weighted by atomic mass is 9.85. The maximum Gasteiger partial charge on any atom is 0.123 e. The number of hydrogen-bond acceptors (Lipinski definition) is 2. The minimum absolute atomic E-state index is 0.122. The van der Waals surface area contributed by atoms with Gasteiger partial charge in [-0.1, -0.05) is 52.3 Å². The summed E-state index contributed by atoms with van der Waals surface area (Å²) < 4.78 is 5.99. The van der Waals surface area contributed by atoms with Gasteiger partial charge in [0.15, 0.2) is 0 Å². The Morgan fingerprint density at radius 2 is 1.90 bits per heavy atom. The van der Waals surface area contributed by atoms with Crippen LogP contribution >= 0.6 is 0 Å². The first-order valence-electron chi connectivity index (χ1n) is 7.75. The van der Waals surface area contributed by atoms with Crippen LogP contribution in [0.1, 0.15) is 52.2 Å². The summed E-state index contributed by atoms with van der Waals surface area (Å²) in [4.78, 5) is 0. The van der Waals surface area contributed by atoms with Crippen LogP contribution in [0.15, 0.2) is 18.2 Å². The van der Waals surface area contributed by atoms with Gasteiger partial charge in [-0.15, -0.1) is 0 Å². The maximum atomic E-state index is 5.99. The second kappa shape index (κ2) is 7.68. The summed E-state index contributed by atoms with van der Waals surface area (Å²) in [5, 5.41) is 3.45. The van der Waals surface area contributed by atoms with Crippen LogP contribution in [0.3, 0.4) is 0 Å². The summed E-state index contributed by atoms with van der Waals surface area (Å²) >= 11 is 0. The Labute approximate surface area is 124 Å². The zero-order valence-electron chi connectivity index (χ0n) is 14.0. The van der Waals surface area contributed by atoms with E-state index < -0.39 is 0 Å². The molecule has 1 rings (SSSR count). The molecule has 2 heteroatoms. The van der Waals surface area contributed by atoms with Crippen LogP contribution in [-0.4, -0.2) is 19.7 Å². The van der Waals surface area contributed by atoms with Crippen molar-refractivity contribution in [2.24, 2.45) is 5.92 Å².